The van der Waals surface area contributed by atoms with Crippen LogP contribution in [0.4, 0.5) is 0 Å². The smallest absolute Gasteiger partial charge is 0.326 e. The standard InChI is InChI=1S/C37H44N4O4S2/c1-36(2,3)27-14-12-24(13-15-27)26-21-38-32(39-22-26)25-10-8-23(9-11-25)20-29(33(42)40-28(35(44)45)18-19-46-7)41-34(43)30-16-17-31(47-30)37(4,5)6/h8-17,21-22,28-29H,18-20H2,1-7H3,(H,40,42)(H,41,43)(H,44,45)/t28-,29+/m1/s1. The van der Waals surface area contributed by atoms with Crippen molar-refractivity contribution in [3.63, 3.8) is 0 Å². The van der Waals surface area contributed by atoms with E-state index >= 15 is 0 Å². The van der Waals surface area contributed by atoms with Crippen LogP contribution in [0.1, 0.15) is 73.6 Å². The molecular formula is C37H44N4O4S2. The summed E-state index contributed by atoms with van der Waals surface area (Å²) in [7, 11) is 0. The Labute approximate surface area is 285 Å². The molecule has 2 aromatic carbocycles. The number of carbonyl (C=O) groups excluding carboxylic acids is 2. The molecule has 2 heterocycles. The van der Waals surface area contributed by atoms with Gasteiger partial charge in [-0.25, -0.2) is 14.8 Å². The maximum atomic E-state index is 13.4. The van der Waals surface area contributed by atoms with Crippen LogP contribution in [-0.4, -0.2) is 57.0 Å². The first-order chi connectivity index (χ1) is 22.2. The van der Waals surface area contributed by atoms with Crippen LogP contribution in [0.15, 0.2) is 73.1 Å². The van der Waals surface area contributed by atoms with Crippen molar-refractivity contribution in [3.8, 4) is 22.5 Å². The fraction of sp³-hybridized carbons (Fsp3) is 0.378. The molecule has 0 spiro atoms. The summed E-state index contributed by atoms with van der Waals surface area (Å²) in [5, 5.41) is 15.2. The van der Waals surface area contributed by atoms with E-state index in [0.29, 0.717) is 16.5 Å². The third-order valence-corrected chi connectivity index (χ3v) is 9.96. The SMILES string of the molecule is CSCC[C@@H](NC(=O)[C@H](Cc1ccc(-c2ncc(-c3ccc(C(C)(C)C)cc3)cn2)cc1)NC(=O)c1ccc(C(C)(C)C)s1)C(=O)O. The molecule has 3 N–H and O–H groups in total. The Balaban J connectivity index is 1.51. The summed E-state index contributed by atoms with van der Waals surface area (Å²) in [4.78, 5) is 49.3. The number of amides is 2. The summed E-state index contributed by atoms with van der Waals surface area (Å²) in [6.45, 7) is 12.8. The van der Waals surface area contributed by atoms with E-state index in [1.54, 1.807) is 6.07 Å². The highest BCUT2D eigenvalue weighted by molar-refractivity contribution is 7.98. The van der Waals surface area contributed by atoms with Gasteiger partial charge in [-0.3, -0.25) is 9.59 Å². The zero-order valence-corrected chi connectivity index (χ0v) is 29.7. The molecule has 0 aliphatic rings. The molecule has 47 heavy (non-hydrogen) atoms. The zero-order chi connectivity index (χ0) is 34.4. The minimum atomic E-state index is -1.11. The first-order valence-electron chi connectivity index (χ1n) is 15.6. The summed E-state index contributed by atoms with van der Waals surface area (Å²) in [5.41, 5.74) is 4.80. The van der Waals surface area contributed by atoms with Crippen LogP contribution in [-0.2, 0) is 26.8 Å². The molecule has 0 unspecified atom stereocenters. The van der Waals surface area contributed by atoms with Crippen molar-refractivity contribution in [1.29, 1.82) is 0 Å². The number of carboxylic acid groups (broad SMARTS) is 1. The van der Waals surface area contributed by atoms with Gasteiger partial charge in [0.2, 0.25) is 5.91 Å². The molecule has 0 bridgehead atoms. The molecule has 10 heteroatoms. The van der Waals surface area contributed by atoms with E-state index in [4.69, 9.17) is 0 Å². The Hall–Kier alpha value is -4.02. The van der Waals surface area contributed by atoms with E-state index in [-0.39, 0.29) is 29.6 Å². The lowest BCUT2D eigenvalue weighted by molar-refractivity contribution is -0.142. The third kappa shape index (κ3) is 9.74. The molecule has 8 nitrogen and oxygen atoms in total. The highest BCUT2D eigenvalue weighted by atomic mass is 32.2. The summed E-state index contributed by atoms with van der Waals surface area (Å²) in [6, 6.07) is 17.6. The highest BCUT2D eigenvalue weighted by Gasteiger charge is 2.28. The number of thiophene rings is 1. The number of aromatic nitrogens is 2. The molecule has 0 saturated heterocycles. The number of hydrogen-bond donors (Lipinski definition) is 3. The molecule has 0 saturated carbocycles. The van der Waals surface area contributed by atoms with Gasteiger partial charge >= 0.3 is 5.97 Å². The quantitative estimate of drug-likeness (QED) is 0.146. The Morgan fingerprint density at radius 3 is 1.94 bits per heavy atom. The molecule has 2 aromatic heterocycles. The fourth-order valence-electron chi connectivity index (χ4n) is 4.88. The number of carbonyl (C=O) groups is 3. The number of nitrogens with zero attached hydrogens (tertiary/aromatic N) is 2. The lowest BCUT2D eigenvalue weighted by Gasteiger charge is -2.21. The lowest BCUT2D eigenvalue weighted by Crippen LogP contribution is -2.52. The second kappa shape index (κ2) is 15.3. The van der Waals surface area contributed by atoms with Gasteiger partial charge < -0.3 is 15.7 Å². The van der Waals surface area contributed by atoms with Crippen molar-refractivity contribution in [2.24, 2.45) is 0 Å². The number of carboxylic acids is 1. The predicted octanol–water partition coefficient (Wildman–Crippen LogP) is 7.13. The number of thioether (sulfide) groups is 1. The summed E-state index contributed by atoms with van der Waals surface area (Å²) in [5.74, 6) is -0.882. The number of rotatable bonds is 12. The molecule has 2 atom stereocenters. The van der Waals surface area contributed by atoms with E-state index < -0.39 is 24.0 Å². The first kappa shape index (κ1) is 35.8. The predicted molar refractivity (Wildman–Crippen MR) is 192 cm³/mol. The maximum Gasteiger partial charge on any atom is 0.326 e. The molecule has 248 valence electrons. The molecule has 4 rings (SSSR count). The normalized spacial score (nSPS) is 13.1. The van der Waals surface area contributed by atoms with Crippen LogP contribution >= 0.6 is 23.1 Å². The topological polar surface area (TPSA) is 121 Å². The van der Waals surface area contributed by atoms with Gasteiger partial charge in [-0.2, -0.15) is 11.8 Å². The fourth-order valence-corrected chi connectivity index (χ4v) is 6.32. The molecule has 2 amide bonds. The second-order valence-corrected chi connectivity index (χ2v) is 15.7. The van der Waals surface area contributed by atoms with Gasteiger partial charge in [0.25, 0.3) is 5.91 Å². The first-order valence-corrected chi connectivity index (χ1v) is 17.8. The monoisotopic (exact) mass is 672 g/mol. The van der Waals surface area contributed by atoms with E-state index in [2.05, 4.69) is 86.4 Å². The van der Waals surface area contributed by atoms with Gasteiger partial charge in [0.1, 0.15) is 12.1 Å². The molecule has 0 radical (unpaired) electrons. The van der Waals surface area contributed by atoms with Gasteiger partial charge in [-0.15, -0.1) is 11.3 Å². The van der Waals surface area contributed by atoms with Crippen LogP contribution < -0.4 is 10.6 Å². The minimum Gasteiger partial charge on any atom is -0.480 e. The molecular weight excluding hydrogens is 629 g/mol. The van der Waals surface area contributed by atoms with Crippen LogP contribution in [0.2, 0.25) is 0 Å². The minimum absolute atomic E-state index is 0.0788. The van der Waals surface area contributed by atoms with E-state index in [0.717, 1.165) is 27.1 Å². The van der Waals surface area contributed by atoms with Gasteiger partial charge in [0.05, 0.1) is 4.88 Å². The third-order valence-electron chi connectivity index (χ3n) is 7.80. The van der Waals surface area contributed by atoms with E-state index in [9.17, 15) is 19.5 Å². The van der Waals surface area contributed by atoms with Crippen LogP contribution in [0.5, 0.6) is 0 Å². The number of aliphatic carboxylic acids is 1. The number of benzene rings is 2. The average Bonchev–Trinajstić information content (AvgIpc) is 3.54. The Morgan fingerprint density at radius 1 is 0.787 bits per heavy atom. The maximum absolute atomic E-state index is 13.4. The Bertz CT molecular complexity index is 1670. The summed E-state index contributed by atoms with van der Waals surface area (Å²) in [6.07, 6.45) is 5.95. The summed E-state index contributed by atoms with van der Waals surface area (Å²) < 4.78 is 0. The molecule has 0 aliphatic carbocycles. The largest absolute Gasteiger partial charge is 0.480 e. The number of hydrogen-bond acceptors (Lipinski definition) is 7. The van der Waals surface area contributed by atoms with Gasteiger partial charge in [-0.05, 0) is 58.1 Å². The van der Waals surface area contributed by atoms with E-state index in [1.165, 1.54) is 28.7 Å². The average molecular weight is 673 g/mol. The van der Waals surface area contributed by atoms with Crippen molar-refractivity contribution >= 4 is 40.9 Å². The lowest BCUT2D eigenvalue weighted by atomic mass is 9.86. The summed E-state index contributed by atoms with van der Waals surface area (Å²) >= 11 is 2.89. The highest BCUT2D eigenvalue weighted by Crippen LogP contribution is 2.30. The van der Waals surface area contributed by atoms with Crippen LogP contribution in [0.25, 0.3) is 22.5 Å². The van der Waals surface area contributed by atoms with Crippen molar-refractivity contribution in [1.82, 2.24) is 20.6 Å². The Morgan fingerprint density at radius 2 is 1.40 bits per heavy atom. The van der Waals surface area contributed by atoms with Gasteiger partial charge in [0, 0.05) is 34.8 Å². The molecule has 0 aliphatic heterocycles. The van der Waals surface area contributed by atoms with Crippen molar-refractivity contribution in [3.05, 3.63) is 93.9 Å². The van der Waals surface area contributed by atoms with Crippen molar-refractivity contribution < 1.29 is 19.5 Å². The molecule has 0 fully saturated rings. The van der Waals surface area contributed by atoms with Gasteiger partial charge in [0.15, 0.2) is 5.82 Å². The number of nitrogens with one attached hydrogen (secondary N) is 2. The van der Waals surface area contributed by atoms with Crippen LogP contribution in [0, 0.1) is 0 Å². The molecule has 4 aromatic rings. The van der Waals surface area contributed by atoms with Crippen molar-refractivity contribution in [2.45, 2.75) is 77.3 Å². The van der Waals surface area contributed by atoms with E-state index in [1.807, 2.05) is 49.0 Å². The zero-order valence-electron chi connectivity index (χ0n) is 28.1. The van der Waals surface area contributed by atoms with Crippen molar-refractivity contribution in [2.75, 3.05) is 12.0 Å². The van der Waals surface area contributed by atoms with Crippen LogP contribution in [0.3, 0.4) is 0 Å². The Kier molecular flexibility index (Phi) is 11.6. The van der Waals surface area contributed by atoms with Gasteiger partial charge in [-0.1, -0.05) is 90.1 Å². The second-order valence-electron chi connectivity index (χ2n) is 13.6.